The third-order valence-electron chi connectivity index (χ3n) is 4.16. The topological polar surface area (TPSA) is 97.7 Å². The summed E-state index contributed by atoms with van der Waals surface area (Å²) in [5.74, 6) is 0.686. The molecule has 4 heterocycles. The van der Waals surface area contributed by atoms with Crippen LogP contribution in [0.1, 0.15) is 12.8 Å². The first-order chi connectivity index (χ1) is 12.3. The number of H-pyrrole nitrogens is 1. The van der Waals surface area contributed by atoms with Gasteiger partial charge in [0, 0.05) is 24.7 Å². The van der Waals surface area contributed by atoms with Crippen molar-refractivity contribution in [1.82, 2.24) is 30.0 Å². The van der Waals surface area contributed by atoms with Gasteiger partial charge < -0.3 is 19.6 Å². The van der Waals surface area contributed by atoms with E-state index in [9.17, 15) is 4.79 Å². The Morgan fingerprint density at radius 3 is 2.64 bits per heavy atom. The van der Waals surface area contributed by atoms with Crippen LogP contribution in [0.4, 0.5) is 0 Å². The van der Waals surface area contributed by atoms with Gasteiger partial charge in [0.2, 0.25) is 0 Å². The van der Waals surface area contributed by atoms with Crippen molar-refractivity contribution in [3.63, 3.8) is 0 Å². The molecular formula is C17H18N6O2. The minimum Gasteiger partial charge on any atom is -0.459 e. The highest BCUT2D eigenvalue weighted by atomic mass is 16.5. The Morgan fingerprint density at radius 2 is 1.96 bits per heavy atom. The van der Waals surface area contributed by atoms with Gasteiger partial charge in [0.25, 0.3) is 0 Å². The van der Waals surface area contributed by atoms with E-state index in [0.29, 0.717) is 17.1 Å². The molecule has 0 bridgehead atoms. The number of ether oxygens (including phenoxy) is 1. The number of hydrogen-bond donors (Lipinski definition) is 2. The first-order valence-corrected chi connectivity index (χ1v) is 8.23. The van der Waals surface area contributed by atoms with Gasteiger partial charge in [-0.25, -0.2) is 4.98 Å². The number of piperidine rings is 1. The normalized spacial score (nSPS) is 15.2. The molecule has 0 atom stereocenters. The maximum atomic E-state index is 12.4. The first kappa shape index (κ1) is 15.5. The monoisotopic (exact) mass is 338 g/mol. The zero-order valence-electron chi connectivity index (χ0n) is 13.6. The van der Waals surface area contributed by atoms with E-state index in [0.717, 1.165) is 25.9 Å². The third kappa shape index (κ3) is 3.43. The molecule has 1 aliphatic rings. The number of rotatable bonds is 4. The fourth-order valence-electron chi connectivity index (χ4n) is 2.81. The Morgan fingerprint density at radius 1 is 1.16 bits per heavy atom. The maximum absolute atomic E-state index is 12.4. The largest absolute Gasteiger partial charge is 0.459 e. The van der Waals surface area contributed by atoms with Crippen LogP contribution in [0, 0.1) is 0 Å². The minimum atomic E-state index is -0.148. The number of aromatic nitrogens is 5. The van der Waals surface area contributed by atoms with Crippen molar-refractivity contribution < 1.29 is 4.74 Å². The number of pyridine rings is 1. The molecule has 1 aliphatic heterocycles. The molecule has 25 heavy (non-hydrogen) atoms. The molecule has 0 spiro atoms. The molecule has 128 valence electrons. The summed E-state index contributed by atoms with van der Waals surface area (Å²) in [7, 11) is 0. The predicted octanol–water partition coefficient (Wildman–Crippen LogP) is 1.15. The van der Waals surface area contributed by atoms with Gasteiger partial charge in [0.1, 0.15) is 17.6 Å². The van der Waals surface area contributed by atoms with E-state index in [2.05, 4.69) is 25.5 Å². The van der Waals surface area contributed by atoms with E-state index in [4.69, 9.17) is 4.74 Å². The lowest BCUT2D eigenvalue weighted by atomic mass is 10.1. The van der Waals surface area contributed by atoms with Gasteiger partial charge in [0.05, 0.1) is 11.8 Å². The second-order valence-corrected chi connectivity index (χ2v) is 5.88. The lowest BCUT2D eigenvalue weighted by Gasteiger charge is -2.22. The summed E-state index contributed by atoms with van der Waals surface area (Å²) in [5, 5.41) is 11.4. The van der Waals surface area contributed by atoms with E-state index in [1.807, 2.05) is 29.1 Å². The van der Waals surface area contributed by atoms with Gasteiger partial charge in [0.15, 0.2) is 5.43 Å². The number of hydrogen-bond acceptors (Lipinski definition) is 6. The van der Waals surface area contributed by atoms with Crippen molar-refractivity contribution in [3.8, 4) is 23.1 Å². The van der Waals surface area contributed by atoms with E-state index >= 15 is 0 Å². The summed E-state index contributed by atoms with van der Waals surface area (Å²) in [5.41, 5.74) is 0.688. The molecule has 0 radical (unpaired) electrons. The van der Waals surface area contributed by atoms with Crippen LogP contribution >= 0.6 is 0 Å². The fraction of sp³-hybridized carbons (Fsp3) is 0.294. The average Bonchev–Trinajstić information content (AvgIpc) is 3.18. The average molecular weight is 338 g/mol. The summed E-state index contributed by atoms with van der Waals surface area (Å²) >= 11 is 0. The predicted molar refractivity (Wildman–Crippen MR) is 91.7 cm³/mol. The highest BCUT2D eigenvalue weighted by Crippen LogP contribution is 2.15. The highest BCUT2D eigenvalue weighted by molar-refractivity contribution is 5.57. The van der Waals surface area contributed by atoms with E-state index in [1.165, 1.54) is 12.3 Å². The van der Waals surface area contributed by atoms with Crippen molar-refractivity contribution in [3.05, 3.63) is 53.2 Å². The lowest BCUT2D eigenvalue weighted by molar-refractivity contribution is 0.147. The van der Waals surface area contributed by atoms with Crippen LogP contribution in [-0.4, -0.2) is 43.9 Å². The zero-order valence-corrected chi connectivity index (χ0v) is 13.6. The van der Waals surface area contributed by atoms with Crippen LogP contribution in [0.2, 0.25) is 0 Å². The Bertz CT molecular complexity index is 882. The van der Waals surface area contributed by atoms with E-state index in [1.54, 1.807) is 6.20 Å². The van der Waals surface area contributed by atoms with Crippen LogP contribution in [0.15, 0.2) is 47.8 Å². The summed E-state index contributed by atoms with van der Waals surface area (Å²) < 4.78 is 7.55. The second kappa shape index (κ2) is 6.86. The Labute approximate surface area is 143 Å². The Balaban J connectivity index is 1.52. The van der Waals surface area contributed by atoms with Gasteiger partial charge in [-0.05, 0) is 38.1 Å². The zero-order chi connectivity index (χ0) is 17.1. The number of nitrogens with one attached hydrogen (secondary N) is 2. The van der Waals surface area contributed by atoms with Crippen LogP contribution < -0.4 is 15.5 Å². The molecule has 3 aromatic rings. The molecule has 0 unspecified atom stereocenters. The summed E-state index contributed by atoms with van der Waals surface area (Å²) in [6, 6.07) is 5.55. The molecule has 4 rings (SSSR count). The first-order valence-electron chi connectivity index (χ1n) is 8.23. The molecule has 0 amide bonds. The quantitative estimate of drug-likeness (QED) is 0.740. The molecule has 1 fully saturated rings. The smallest absolute Gasteiger partial charge is 0.335 e. The fourth-order valence-corrected chi connectivity index (χ4v) is 2.81. The van der Waals surface area contributed by atoms with Gasteiger partial charge in [-0.3, -0.25) is 4.79 Å². The van der Waals surface area contributed by atoms with E-state index in [-0.39, 0.29) is 17.5 Å². The molecule has 8 nitrogen and oxygen atoms in total. The molecule has 0 aromatic carbocycles. The lowest BCUT2D eigenvalue weighted by Crippen LogP contribution is -2.34. The summed E-state index contributed by atoms with van der Waals surface area (Å²) in [4.78, 5) is 19.6. The second-order valence-electron chi connectivity index (χ2n) is 5.88. The van der Waals surface area contributed by atoms with Crippen LogP contribution in [0.25, 0.3) is 17.1 Å². The van der Waals surface area contributed by atoms with Crippen molar-refractivity contribution >= 4 is 0 Å². The molecule has 0 aliphatic carbocycles. The highest BCUT2D eigenvalue weighted by Gasteiger charge is 2.16. The van der Waals surface area contributed by atoms with Gasteiger partial charge in [-0.2, -0.15) is 0 Å². The molecule has 3 aromatic heterocycles. The van der Waals surface area contributed by atoms with Crippen molar-refractivity contribution in [1.29, 1.82) is 0 Å². The van der Waals surface area contributed by atoms with E-state index < -0.39 is 0 Å². The van der Waals surface area contributed by atoms with Gasteiger partial charge in [-0.15, -0.1) is 5.10 Å². The van der Waals surface area contributed by atoms with Crippen LogP contribution in [-0.2, 0) is 0 Å². The molecule has 1 saturated heterocycles. The third-order valence-corrected chi connectivity index (χ3v) is 4.16. The van der Waals surface area contributed by atoms with Crippen molar-refractivity contribution in [2.45, 2.75) is 18.9 Å². The molecule has 2 N–H and O–H groups in total. The van der Waals surface area contributed by atoms with Gasteiger partial charge >= 0.3 is 6.01 Å². The van der Waals surface area contributed by atoms with Gasteiger partial charge in [-0.1, -0.05) is 5.10 Å². The maximum Gasteiger partial charge on any atom is 0.335 e. The minimum absolute atomic E-state index is 0.109. The standard InChI is InChI=1S/C17H18N6O2/c24-15-9-16(23-7-1-2-8-23)19-10-13(15)14-11-20-17(22-21-14)25-12-3-5-18-6-4-12/h1-2,7-12,18H,3-6H2,(H,19,24). The summed E-state index contributed by atoms with van der Waals surface area (Å²) in [6.45, 7) is 1.86. The Kier molecular flexibility index (Phi) is 4.26. The number of nitrogens with zero attached hydrogens (tertiary/aromatic N) is 4. The molecule has 8 heteroatoms. The Hall–Kier alpha value is -3.00. The SMILES string of the molecule is O=c1cc(-n2cccc2)[nH]cc1-c1cnc(OC2CCNCC2)nn1. The van der Waals surface area contributed by atoms with Crippen molar-refractivity contribution in [2.75, 3.05) is 13.1 Å². The molecule has 0 saturated carbocycles. The van der Waals surface area contributed by atoms with Crippen LogP contribution in [0.3, 0.4) is 0 Å². The molecular weight excluding hydrogens is 320 g/mol. The summed E-state index contributed by atoms with van der Waals surface area (Å²) in [6.07, 6.45) is 8.81. The van der Waals surface area contributed by atoms with Crippen LogP contribution in [0.5, 0.6) is 6.01 Å². The number of aromatic amines is 1. The van der Waals surface area contributed by atoms with Crippen molar-refractivity contribution in [2.24, 2.45) is 0 Å².